The molecule has 1 N–H and O–H groups in total. The van der Waals surface area contributed by atoms with Crippen LogP contribution in [0.3, 0.4) is 0 Å². The Balaban J connectivity index is 2.03. The number of rotatable bonds is 2. The van der Waals surface area contributed by atoms with Gasteiger partial charge in [0.15, 0.2) is 0 Å². The highest BCUT2D eigenvalue weighted by atomic mass is 79.9. The maximum atomic E-state index is 11.2. The maximum absolute atomic E-state index is 11.2. The van der Waals surface area contributed by atoms with E-state index in [1.165, 1.54) is 0 Å². The van der Waals surface area contributed by atoms with Crippen LogP contribution in [0.15, 0.2) is 27.1 Å². The monoisotopic (exact) mass is 365 g/mol. The van der Waals surface area contributed by atoms with Gasteiger partial charge < -0.3 is 5.32 Å². The van der Waals surface area contributed by atoms with E-state index in [-0.39, 0.29) is 0 Å². The minimum atomic E-state index is -0.590. The first-order valence-corrected chi connectivity index (χ1v) is 8.29. The Kier molecular flexibility index (Phi) is 4.44. The normalized spacial score (nSPS) is 25.4. The zero-order valence-electron chi connectivity index (χ0n) is 8.71. The largest absolute Gasteiger partial charge is 0.381 e. The van der Waals surface area contributed by atoms with E-state index >= 15 is 0 Å². The van der Waals surface area contributed by atoms with Crippen LogP contribution in [0.2, 0.25) is 0 Å². The Labute approximate surface area is 115 Å². The molecule has 0 radical (unpaired) electrons. The van der Waals surface area contributed by atoms with Crippen molar-refractivity contribution in [3.8, 4) is 0 Å². The molecule has 16 heavy (non-hydrogen) atoms. The summed E-state index contributed by atoms with van der Waals surface area (Å²) < 4.78 is 13.4. The van der Waals surface area contributed by atoms with Gasteiger partial charge in [-0.25, -0.2) is 0 Å². The Morgan fingerprint density at radius 3 is 2.62 bits per heavy atom. The number of nitrogens with one attached hydrogen (secondary N) is 1. The zero-order chi connectivity index (χ0) is 11.5. The van der Waals surface area contributed by atoms with E-state index in [9.17, 15) is 4.21 Å². The number of benzene rings is 1. The fourth-order valence-corrected chi connectivity index (χ4v) is 3.79. The van der Waals surface area contributed by atoms with Gasteiger partial charge in [0.1, 0.15) is 0 Å². The summed E-state index contributed by atoms with van der Waals surface area (Å²) >= 11 is 6.99. The quantitative estimate of drug-likeness (QED) is 0.867. The SMILES string of the molecule is O=S1CCC(Nc2cc(Br)ccc2Br)CC1. The van der Waals surface area contributed by atoms with Crippen LogP contribution in [0, 0.1) is 0 Å². The van der Waals surface area contributed by atoms with Gasteiger partial charge in [0.05, 0.1) is 0 Å². The molecule has 1 aromatic rings. The molecule has 0 aliphatic carbocycles. The van der Waals surface area contributed by atoms with Crippen LogP contribution in [-0.4, -0.2) is 21.8 Å². The number of halogens is 2. The van der Waals surface area contributed by atoms with Crippen LogP contribution in [0.25, 0.3) is 0 Å². The topological polar surface area (TPSA) is 29.1 Å². The van der Waals surface area contributed by atoms with E-state index in [0.717, 1.165) is 39.0 Å². The second-order valence-electron chi connectivity index (χ2n) is 3.89. The van der Waals surface area contributed by atoms with E-state index < -0.39 is 10.8 Å². The van der Waals surface area contributed by atoms with E-state index in [0.29, 0.717) is 6.04 Å². The van der Waals surface area contributed by atoms with Crippen molar-refractivity contribution >= 4 is 48.3 Å². The lowest BCUT2D eigenvalue weighted by atomic mass is 10.1. The molecule has 0 saturated carbocycles. The standard InChI is InChI=1S/C11H13Br2NOS/c12-8-1-2-10(13)11(7-8)14-9-3-5-16(15)6-4-9/h1-2,7,9,14H,3-6H2. The predicted octanol–water partition coefficient (Wildman–Crippen LogP) is 3.53. The van der Waals surface area contributed by atoms with E-state index in [1.807, 2.05) is 12.1 Å². The molecule has 2 rings (SSSR count). The van der Waals surface area contributed by atoms with Crippen LogP contribution in [0.1, 0.15) is 12.8 Å². The molecule has 0 aromatic heterocycles. The molecule has 1 aromatic carbocycles. The molecule has 0 spiro atoms. The van der Waals surface area contributed by atoms with Crippen molar-refractivity contribution in [2.45, 2.75) is 18.9 Å². The summed E-state index contributed by atoms with van der Waals surface area (Å²) in [6.07, 6.45) is 1.98. The highest BCUT2D eigenvalue weighted by Gasteiger charge is 2.18. The lowest BCUT2D eigenvalue weighted by molar-refractivity contribution is 0.624. The Morgan fingerprint density at radius 2 is 1.94 bits per heavy atom. The first-order valence-electron chi connectivity index (χ1n) is 5.22. The Morgan fingerprint density at radius 1 is 1.25 bits per heavy atom. The molecule has 0 amide bonds. The summed E-state index contributed by atoms with van der Waals surface area (Å²) in [5.74, 6) is 1.65. The first kappa shape index (κ1) is 12.6. The van der Waals surface area contributed by atoms with Crippen LogP contribution in [0.4, 0.5) is 5.69 Å². The minimum Gasteiger partial charge on any atom is -0.381 e. The van der Waals surface area contributed by atoms with Gasteiger partial charge in [-0.15, -0.1) is 0 Å². The smallest absolute Gasteiger partial charge is 0.0498 e. The van der Waals surface area contributed by atoms with Crippen LogP contribution < -0.4 is 5.32 Å². The molecule has 1 aliphatic heterocycles. The third-order valence-electron chi connectivity index (χ3n) is 2.68. The van der Waals surface area contributed by atoms with Crippen molar-refractivity contribution in [3.05, 3.63) is 27.1 Å². The van der Waals surface area contributed by atoms with Gasteiger partial charge in [0.25, 0.3) is 0 Å². The Bertz CT molecular complexity index is 401. The molecule has 1 fully saturated rings. The second-order valence-corrected chi connectivity index (χ2v) is 7.36. The van der Waals surface area contributed by atoms with E-state index in [2.05, 4.69) is 43.2 Å². The third kappa shape index (κ3) is 3.31. The summed E-state index contributed by atoms with van der Waals surface area (Å²) in [5.41, 5.74) is 1.10. The van der Waals surface area contributed by atoms with Crippen molar-refractivity contribution in [1.82, 2.24) is 0 Å². The number of hydrogen-bond acceptors (Lipinski definition) is 2. The maximum Gasteiger partial charge on any atom is 0.0498 e. The van der Waals surface area contributed by atoms with Gasteiger partial charge in [-0.05, 0) is 47.0 Å². The third-order valence-corrected chi connectivity index (χ3v) is 5.24. The zero-order valence-corrected chi connectivity index (χ0v) is 12.7. The molecule has 0 atom stereocenters. The molecule has 2 nitrogen and oxygen atoms in total. The molecular formula is C11H13Br2NOS. The molecule has 88 valence electrons. The Hall–Kier alpha value is 0.130. The summed E-state index contributed by atoms with van der Waals surface area (Å²) in [6.45, 7) is 0. The van der Waals surface area contributed by atoms with Gasteiger partial charge in [0, 0.05) is 43.0 Å². The van der Waals surface area contributed by atoms with Gasteiger partial charge in [-0.1, -0.05) is 15.9 Å². The molecule has 0 unspecified atom stereocenters. The minimum absolute atomic E-state index is 0.447. The molecule has 1 heterocycles. The lowest BCUT2D eigenvalue weighted by Gasteiger charge is -2.24. The fourth-order valence-electron chi connectivity index (χ4n) is 1.77. The average molecular weight is 367 g/mol. The molecular weight excluding hydrogens is 354 g/mol. The van der Waals surface area contributed by atoms with Crippen molar-refractivity contribution in [1.29, 1.82) is 0 Å². The molecule has 5 heteroatoms. The van der Waals surface area contributed by atoms with Crippen molar-refractivity contribution < 1.29 is 4.21 Å². The van der Waals surface area contributed by atoms with Gasteiger partial charge >= 0.3 is 0 Å². The summed E-state index contributed by atoms with van der Waals surface area (Å²) in [7, 11) is -0.590. The van der Waals surface area contributed by atoms with Crippen LogP contribution in [0.5, 0.6) is 0 Å². The highest BCUT2D eigenvalue weighted by molar-refractivity contribution is 9.11. The second kappa shape index (κ2) is 5.65. The number of hydrogen-bond donors (Lipinski definition) is 1. The average Bonchev–Trinajstić information content (AvgIpc) is 2.27. The van der Waals surface area contributed by atoms with Gasteiger partial charge in [-0.3, -0.25) is 4.21 Å². The van der Waals surface area contributed by atoms with Crippen molar-refractivity contribution in [2.75, 3.05) is 16.8 Å². The fraction of sp³-hybridized carbons (Fsp3) is 0.455. The molecule has 0 bridgehead atoms. The summed E-state index contributed by atoms with van der Waals surface area (Å²) in [4.78, 5) is 0. The van der Waals surface area contributed by atoms with E-state index in [1.54, 1.807) is 0 Å². The molecule has 1 aliphatic rings. The van der Waals surface area contributed by atoms with Crippen molar-refractivity contribution in [3.63, 3.8) is 0 Å². The van der Waals surface area contributed by atoms with Gasteiger partial charge in [-0.2, -0.15) is 0 Å². The first-order chi connectivity index (χ1) is 7.65. The molecule has 1 saturated heterocycles. The van der Waals surface area contributed by atoms with E-state index in [4.69, 9.17) is 0 Å². The van der Waals surface area contributed by atoms with Gasteiger partial charge in [0.2, 0.25) is 0 Å². The summed E-state index contributed by atoms with van der Waals surface area (Å²) in [6, 6.07) is 6.54. The predicted molar refractivity (Wildman–Crippen MR) is 76.4 cm³/mol. The highest BCUT2D eigenvalue weighted by Crippen LogP contribution is 2.28. The van der Waals surface area contributed by atoms with Crippen LogP contribution >= 0.6 is 31.9 Å². The lowest BCUT2D eigenvalue weighted by Crippen LogP contribution is -2.29. The van der Waals surface area contributed by atoms with Crippen LogP contribution in [-0.2, 0) is 10.8 Å². The summed E-state index contributed by atoms with van der Waals surface area (Å²) in [5, 5.41) is 3.50. The van der Waals surface area contributed by atoms with Crippen molar-refractivity contribution in [2.24, 2.45) is 0 Å². The number of anilines is 1.